The van der Waals surface area contributed by atoms with Crippen molar-refractivity contribution in [1.29, 1.82) is 0 Å². The average molecular weight is 223 g/mol. The van der Waals surface area contributed by atoms with Gasteiger partial charge in [0.05, 0.1) is 18.0 Å². The summed E-state index contributed by atoms with van der Waals surface area (Å²) >= 11 is 1.62. The highest BCUT2D eigenvalue weighted by Crippen LogP contribution is 2.38. The predicted molar refractivity (Wildman–Crippen MR) is 61.6 cm³/mol. The van der Waals surface area contributed by atoms with Crippen LogP contribution in [0.3, 0.4) is 0 Å². The lowest BCUT2D eigenvalue weighted by atomic mass is 10.2. The zero-order valence-electron chi connectivity index (χ0n) is 8.74. The van der Waals surface area contributed by atoms with E-state index in [1.807, 2.05) is 25.1 Å². The van der Waals surface area contributed by atoms with Gasteiger partial charge in [0, 0.05) is 11.0 Å². The Bertz CT molecular complexity index is 392. The summed E-state index contributed by atoms with van der Waals surface area (Å²) in [7, 11) is 1.62. The summed E-state index contributed by atoms with van der Waals surface area (Å²) in [5, 5.41) is 2.93. The maximum absolute atomic E-state index is 11.6. The fourth-order valence-corrected chi connectivity index (χ4v) is 2.55. The minimum absolute atomic E-state index is 0.0332. The Labute approximate surface area is 93.2 Å². The molecule has 1 aliphatic rings. The molecule has 1 aromatic carbocycles. The lowest BCUT2D eigenvalue weighted by Crippen LogP contribution is -2.28. The predicted octanol–water partition coefficient (Wildman–Crippen LogP) is 2.52. The number of amides is 1. The van der Waals surface area contributed by atoms with Gasteiger partial charge in [0.1, 0.15) is 5.75 Å². The van der Waals surface area contributed by atoms with E-state index in [9.17, 15) is 4.79 Å². The smallest absolute Gasteiger partial charge is 0.237 e. The maximum Gasteiger partial charge on any atom is 0.237 e. The number of methoxy groups -OCH3 is 1. The quantitative estimate of drug-likeness (QED) is 0.837. The number of hydrogen-bond acceptors (Lipinski definition) is 3. The highest BCUT2D eigenvalue weighted by molar-refractivity contribution is 8.01. The van der Waals surface area contributed by atoms with Gasteiger partial charge in [-0.3, -0.25) is 4.79 Å². The molecular formula is C11H13NO2S. The van der Waals surface area contributed by atoms with Gasteiger partial charge in [0.25, 0.3) is 0 Å². The minimum Gasteiger partial charge on any atom is -0.497 e. The Hall–Kier alpha value is -1.16. The lowest BCUT2D eigenvalue weighted by Gasteiger charge is -2.23. The number of benzene rings is 1. The molecule has 0 saturated carbocycles. The van der Waals surface area contributed by atoms with E-state index >= 15 is 0 Å². The van der Waals surface area contributed by atoms with Crippen molar-refractivity contribution in [1.82, 2.24) is 0 Å². The van der Waals surface area contributed by atoms with Crippen molar-refractivity contribution >= 4 is 23.4 Å². The maximum atomic E-state index is 11.6. The van der Waals surface area contributed by atoms with Gasteiger partial charge in [-0.1, -0.05) is 6.92 Å². The zero-order chi connectivity index (χ0) is 10.8. The third-order valence-corrected chi connectivity index (χ3v) is 3.82. The van der Waals surface area contributed by atoms with E-state index < -0.39 is 0 Å². The number of ether oxygens (including phenoxy) is 1. The Morgan fingerprint density at radius 1 is 1.53 bits per heavy atom. The Morgan fingerprint density at radius 3 is 3.00 bits per heavy atom. The van der Waals surface area contributed by atoms with Gasteiger partial charge in [0.15, 0.2) is 0 Å². The standard InChI is InChI=1S/C11H13NO2S/c1-3-9-11(13)12-8-6-7(14-2)4-5-10(8)15-9/h4-6,9H,3H2,1-2H3,(H,12,13). The molecule has 4 heteroatoms. The van der Waals surface area contributed by atoms with Gasteiger partial charge in [-0.05, 0) is 18.6 Å². The summed E-state index contributed by atoms with van der Waals surface area (Å²) in [4.78, 5) is 12.7. The molecule has 80 valence electrons. The van der Waals surface area contributed by atoms with Crippen molar-refractivity contribution in [3.8, 4) is 5.75 Å². The van der Waals surface area contributed by atoms with Crippen molar-refractivity contribution in [2.45, 2.75) is 23.5 Å². The van der Waals surface area contributed by atoms with Crippen molar-refractivity contribution in [2.24, 2.45) is 0 Å². The van der Waals surface area contributed by atoms with Crippen molar-refractivity contribution in [2.75, 3.05) is 12.4 Å². The monoisotopic (exact) mass is 223 g/mol. The Balaban J connectivity index is 2.32. The summed E-state index contributed by atoms with van der Waals surface area (Å²) in [5.74, 6) is 0.854. The van der Waals surface area contributed by atoms with Crippen LogP contribution in [0.15, 0.2) is 23.1 Å². The molecule has 2 rings (SSSR count). The summed E-state index contributed by atoms with van der Waals surface area (Å²) in [6.45, 7) is 2.02. The topological polar surface area (TPSA) is 38.3 Å². The number of anilines is 1. The number of fused-ring (bicyclic) bond motifs is 1. The average Bonchev–Trinajstić information content (AvgIpc) is 2.27. The van der Waals surface area contributed by atoms with Gasteiger partial charge < -0.3 is 10.1 Å². The SMILES string of the molecule is CCC1Sc2ccc(OC)cc2NC1=O. The largest absolute Gasteiger partial charge is 0.497 e. The van der Waals surface area contributed by atoms with Gasteiger partial charge in [-0.2, -0.15) is 0 Å². The second-order valence-electron chi connectivity index (χ2n) is 3.37. The van der Waals surface area contributed by atoms with Crippen LogP contribution in [-0.4, -0.2) is 18.3 Å². The van der Waals surface area contributed by atoms with E-state index in [2.05, 4.69) is 5.32 Å². The van der Waals surface area contributed by atoms with Crippen molar-refractivity contribution < 1.29 is 9.53 Å². The molecule has 3 nitrogen and oxygen atoms in total. The molecule has 0 radical (unpaired) electrons. The molecule has 0 fully saturated rings. The van der Waals surface area contributed by atoms with Crippen LogP contribution >= 0.6 is 11.8 Å². The van der Waals surface area contributed by atoms with Crippen LogP contribution in [-0.2, 0) is 4.79 Å². The first-order chi connectivity index (χ1) is 7.24. The molecule has 0 bridgehead atoms. The molecule has 1 atom stereocenters. The fourth-order valence-electron chi connectivity index (χ4n) is 1.53. The number of rotatable bonds is 2. The summed E-state index contributed by atoms with van der Waals surface area (Å²) in [5.41, 5.74) is 0.856. The molecule has 0 aliphatic carbocycles. The first kappa shape index (κ1) is 10.4. The van der Waals surface area contributed by atoms with Crippen LogP contribution in [0.4, 0.5) is 5.69 Å². The fraction of sp³-hybridized carbons (Fsp3) is 0.364. The third kappa shape index (κ3) is 1.95. The minimum atomic E-state index is 0.0332. The molecule has 15 heavy (non-hydrogen) atoms. The van der Waals surface area contributed by atoms with Crippen molar-refractivity contribution in [3.63, 3.8) is 0 Å². The summed E-state index contributed by atoms with van der Waals surface area (Å²) in [6, 6.07) is 5.75. The third-order valence-electron chi connectivity index (χ3n) is 2.38. The van der Waals surface area contributed by atoms with Crippen LogP contribution in [0.25, 0.3) is 0 Å². The molecule has 1 aliphatic heterocycles. The van der Waals surface area contributed by atoms with Gasteiger partial charge in [-0.25, -0.2) is 0 Å². The molecule has 1 aromatic rings. The number of carbonyl (C=O) groups is 1. The van der Waals surface area contributed by atoms with E-state index in [0.717, 1.165) is 22.8 Å². The highest BCUT2D eigenvalue weighted by atomic mass is 32.2. The number of nitrogens with one attached hydrogen (secondary N) is 1. The first-order valence-electron chi connectivity index (χ1n) is 4.90. The van der Waals surface area contributed by atoms with Crippen LogP contribution in [0.1, 0.15) is 13.3 Å². The highest BCUT2D eigenvalue weighted by Gasteiger charge is 2.25. The molecule has 1 N–H and O–H groups in total. The van der Waals surface area contributed by atoms with E-state index in [4.69, 9.17) is 4.74 Å². The zero-order valence-corrected chi connectivity index (χ0v) is 9.56. The lowest BCUT2D eigenvalue weighted by molar-refractivity contribution is -0.115. The molecule has 1 amide bonds. The molecule has 1 unspecified atom stereocenters. The second-order valence-corrected chi connectivity index (χ2v) is 4.61. The van der Waals surface area contributed by atoms with E-state index in [1.165, 1.54) is 0 Å². The molecular weight excluding hydrogens is 210 g/mol. The second kappa shape index (κ2) is 4.14. The van der Waals surface area contributed by atoms with Gasteiger partial charge >= 0.3 is 0 Å². The van der Waals surface area contributed by atoms with Crippen LogP contribution in [0.5, 0.6) is 5.75 Å². The first-order valence-corrected chi connectivity index (χ1v) is 5.78. The summed E-state index contributed by atoms with van der Waals surface area (Å²) in [6.07, 6.45) is 0.849. The van der Waals surface area contributed by atoms with Crippen molar-refractivity contribution in [3.05, 3.63) is 18.2 Å². The molecule has 0 saturated heterocycles. The number of hydrogen-bond donors (Lipinski definition) is 1. The molecule has 0 spiro atoms. The van der Waals surface area contributed by atoms with Gasteiger partial charge in [-0.15, -0.1) is 11.8 Å². The van der Waals surface area contributed by atoms with Crippen LogP contribution in [0.2, 0.25) is 0 Å². The summed E-state index contributed by atoms with van der Waals surface area (Å²) < 4.78 is 5.11. The molecule has 0 aromatic heterocycles. The van der Waals surface area contributed by atoms with Gasteiger partial charge in [0.2, 0.25) is 5.91 Å². The van der Waals surface area contributed by atoms with E-state index in [0.29, 0.717) is 0 Å². The normalized spacial score (nSPS) is 19.3. The number of thioether (sulfide) groups is 1. The Morgan fingerprint density at radius 2 is 2.33 bits per heavy atom. The molecule has 1 heterocycles. The van der Waals surface area contributed by atoms with Crippen LogP contribution in [0, 0.1) is 0 Å². The Kier molecular flexibility index (Phi) is 2.86. The van der Waals surface area contributed by atoms with E-state index in [-0.39, 0.29) is 11.2 Å². The van der Waals surface area contributed by atoms with E-state index in [1.54, 1.807) is 18.9 Å². The van der Waals surface area contributed by atoms with Crippen LogP contribution < -0.4 is 10.1 Å². The number of carbonyl (C=O) groups excluding carboxylic acids is 1.